The molecule has 0 aromatic rings. The van der Waals surface area contributed by atoms with Gasteiger partial charge in [-0.3, -0.25) is 4.99 Å². The highest BCUT2D eigenvalue weighted by Crippen LogP contribution is 1.98. The second-order valence-electron chi connectivity index (χ2n) is 3.93. The molecule has 20 heavy (non-hydrogen) atoms. The Morgan fingerprint density at radius 3 is 2.45 bits per heavy atom. The number of nitrogens with one attached hydrogen (secondary N) is 2. The maximum atomic E-state index is 11.4. The summed E-state index contributed by atoms with van der Waals surface area (Å²) < 4.78 is 24.2. The summed E-state index contributed by atoms with van der Waals surface area (Å²) in [7, 11) is -3.11. The Kier molecular flexibility index (Phi) is 13.3. The number of terminal acetylenes is 1. The molecule has 0 radical (unpaired) electrons. The van der Waals surface area contributed by atoms with Crippen molar-refractivity contribution >= 4 is 40.0 Å². The number of rotatable bonds is 8. The van der Waals surface area contributed by atoms with E-state index in [1.54, 1.807) is 0 Å². The fourth-order valence-corrected chi connectivity index (χ4v) is 2.40. The third-order valence-corrected chi connectivity index (χ3v) is 3.74. The van der Waals surface area contributed by atoms with Gasteiger partial charge in [-0.05, 0) is 13.3 Å². The molecule has 0 aliphatic carbocycles. The Morgan fingerprint density at radius 2 is 2.00 bits per heavy atom. The van der Waals surface area contributed by atoms with E-state index >= 15 is 0 Å². The van der Waals surface area contributed by atoms with Gasteiger partial charge in [-0.15, -0.1) is 30.4 Å². The first-order chi connectivity index (χ1) is 8.95. The van der Waals surface area contributed by atoms with E-state index < -0.39 is 10.0 Å². The molecule has 0 aromatic carbocycles. The lowest BCUT2D eigenvalue weighted by molar-refractivity contribution is 0.427. The van der Waals surface area contributed by atoms with E-state index in [9.17, 15) is 8.42 Å². The van der Waals surface area contributed by atoms with E-state index in [2.05, 4.69) is 21.5 Å². The highest BCUT2D eigenvalue weighted by atomic mass is 127. The third kappa shape index (κ3) is 10.3. The largest absolute Gasteiger partial charge is 0.357 e. The molecule has 0 atom stereocenters. The molecule has 0 spiro atoms. The summed E-state index contributed by atoms with van der Waals surface area (Å²) in [6.45, 7) is 6.47. The van der Waals surface area contributed by atoms with Crippen molar-refractivity contribution in [2.75, 3.05) is 39.0 Å². The Hall–Kier alpha value is -0.530. The normalized spacial score (nSPS) is 11.7. The molecule has 0 amide bonds. The van der Waals surface area contributed by atoms with E-state index in [4.69, 9.17) is 6.42 Å². The summed E-state index contributed by atoms with van der Waals surface area (Å²) >= 11 is 0. The minimum absolute atomic E-state index is 0. The second kappa shape index (κ2) is 12.2. The van der Waals surface area contributed by atoms with Gasteiger partial charge in [0.2, 0.25) is 10.0 Å². The average molecular weight is 416 g/mol. The van der Waals surface area contributed by atoms with Crippen LogP contribution in [0.2, 0.25) is 0 Å². The lowest BCUT2D eigenvalue weighted by Crippen LogP contribution is -2.37. The summed E-state index contributed by atoms with van der Waals surface area (Å²) in [5.41, 5.74) is 0. The first-order valence-electron chi connectivity index (χ1n) is 6.36. The molecule has 0 aliphatic heterocycles. The second-order valence-corrected chi connectivity index (χ2v) is 5.91. The lowest BCUT2D eigenvalue weighted by atomic mass is 10.4. The molecule has 118 valence electrons. The SMILES string of the molecule is C#CCNC(=NCCCN(CC)S(C)(=O)=O)NCC.I. The van der Waals surface area contributed by atoms with Gasteiger partial charge in [0, 0.05) is 26.2 Å². The fraction of sp³-hybridized carbons (Fsp3) is 0.750. The van der Waals surface area contributed by atoms with E-state index in [0.717, 1.165) is 6.54 Å². The van der Waals surface area contributed by atoms with Crippen LogP contribution in [-0.2, 0) is 10.0 Å². The zero-order valence-electron chi connectivity index (χ0n) is 12.3. The zero-order valence-corrected chi connectivity index (χ0v) is 15.5. The van der Waals surface area contributed by atoms with Crippen molar-refractivity contribution in [3.05, 3.63) is 0 Å². The van der Waals surface area contributed by atoms with Gasteiger partial charge in [-0.25, -0.2) is 12.7 Å². The molecule has 0 saturated carbocycles. The molecule has 0 saturated heterocycles. The van der Waals surface area contributed by atoms with Crippen molar-refractivity contribution in [2.24, 2.45) is 4.99 Å². The van der Waals surface area contributed by atoms with Gasteiger partial charge in [0.1, 0.15) is 0 Å². The van der Waals surface area contributed by atoms with Gasteiger partial charge in [0.15, 0.2) is 5.96 Å². The molecule has 0 rings (SSSR count). The quantitative estimate of drug-likeness (QED) is 0.198. The summed E-state index contributed by atoms with van der Waals surface area (Å²) in [4.78, 5) is 4.32. The molecular formula is C12H25IN4O2S. The number of hydrogen-bond donors (Lipinski definition) is 2. The van der Waals surface area contributed by atoms with Gasteiger partial charge in [-0.1, -0.05) is 12.8 Å². The minimum atomic E-state index is -3.11. The van der Waals surface area contributed by atoms with Gasteiger partial charge >= 0.3 is 0 Å². The molecule has 0 fully saturated rings. The first kappa shape index (κ1) is 21.8. The van der Waals surface area contributed by atoms with Crippen molar-refractivity contribution in [2.45, 2.75) is 20.3 Å². The molecule has 0 bridgehead atoms. The van der Waals surface area contributed by atoms with Crippen LogP contribution in [0, 0.1) is 12.3 Å². The Labute approximate surface area is 139 Å². The maximum absolute atomic E-state index is 11.4. The van der Waals surface area contributed by atoms with Crippen LogP contribution in [0.4, 0.5) is 0 Å². The molecule has 2 N–H and O–H groups in total. The Balaban J connectivity index is 0. The van der Waals surface area contributed by atoms with Gasteiger partial charge in [0.25, 0.3) is 0 Å². The van der Waals surface area contributed by atoms with Crippen LogP contribution in [0.1, 0.15) is 20.3 Å². The van der Waals surface area contributed by atoms with Gasteiger partial charge < -0.3 is 10.6 Å². The zero-order chi connectivity index (χ0) is 14.7. The van der Waals surface area contributed by atoms with Crippen LogP contribution in [0.15, 0.2) is 4.99 Å². The average Bonchev–Trinajstić information content (AvgIpc) is 2.34. The van der Waals surface area contributed by atoms with Crippen molar-refractivity contribution in [1.82, 2.24) is 14.9 Å². The monoisotopic (exact) mass is 416 g/mol. The number of aliphatic imine (C=N–C) groups is 1. The minimum Gasteiger partial charge on any atom is -0.357 e. The summed E-state index contributed by atoms with van der Waals surface area (Å²) in [6.07, 6.45) is 7.06. The molecule has 6 nitrogen and oxygen atoms in total. The van der Waals surface area contributed by atoms with Crippen LogP contribution in [-0.4, -0.2) is 57.7 Å². The van der Waals surface area contributed by atoms with Crippen LogP contribution in [0.5, 0.6) is 0 Å². The van der Waals surface area contributed by atoms with E-state index in [0.29, 0.717) is 38.6 Å². The molecule has 8 heteroatoms. The summed E-state index contributed by atoms with van der Waals surface area (Å²) in [6, 6.07) is 0. The maximum Gasteiger partial charge on any atom is 0.211 e. The highest BCUT2D eigenvalue weighted by Gasteiger charge is 2.12. The smallest absolute Gasteiger partial charge is 0.211 e. The number of sulfonamides is 1. The molecule has 0 unspecified atom stereocenters. The van der Waals surface area contributed by atoms with E-state index in [1.807, 2.05) is 13.8 Å². The summed E-state index contributed by atoms with van der Waals surface area (Å²) in [5.74, 6) is 3.13. The fourth-order valence-electron chi connectivity index (χ4n) is 1.47. The Morgan fingerprint density at radius 1 is 1.35 bits per heavy atom. The number of nitrogens with zero attached hydrogens (tertiary/aromatic N) is 2. The molecule has 0 heterocycles. The third-order valence-electron chi connectivity index (χ3n) is 2.36. The molecule has 0 aromatic heterocycles. The number of guanidine groups is 1. The van der Waals surface area contributed by atoms with Crippen molar-refractivity contribution < 1.29 is 8.42 Å². The van der Waals surface area contributed by atoms with Crippen LogP contribution in [0.3, 0.4) is 0 Å². The van der Waals surface area contributed by atoms with Crippen LogP contribution < -0.4 is 10.6 Å². The highest BCUT2D eigenvalue weighted by molar-refractivity contribution is 14.0. The van der Waals surface area contributed by atoms with Crippen molar-refractivity contribution in [1.29, 1.82) is 0 Å². The first-order valence-corrected chi connectivity index (χ1v) is 8.21. The lowest BCUT2D eigenvalue weighted by Gasteiger charge is -2.17. The van der Waals surface area contributed by atoms with Gasteiger partial charge in [-0.2, -0.15) is 0 Å². The van der Waals surface area contributed by atoms with Crippen LogP contribution in [0.25, 0.3) is 0 Å². The van der Waals surface area contributed by atoms with E-state index in [-0.39, 0.29) is 24.0 Å². The molecular weight excluding hydrogens is 391 g/mol. The Bertz CT molecular complexity index is 418. The standard InChI is InChI=1S/C12H24N4O2S.HI/c1-5-9-14-12(13-6-2)15-10-8-11-16(7-3)19(4,17)18;/h1H,6-11H2,2-4H3,(H2,13,14,15);1H. The van der Waals surface area contributed by atoms with Crippen molar-refractivity contribution in [3.8, 4) is 12.3 Å². The predicted octanol–water partition coefficient (Wildman–Crippen LogP) is 0.464. The van der Waals surface area contributed by atoms with Crippen molar-refractivity contribution in [3.63, 3.8) is 0 Å². The van der Waals surface area contributed by atoms with Gasteiger partial charge in [0.05, 0.1) is 12.8 Å². The summed E-state index contributed by atoms with van der Waals surface area (Å²) in [5, 5.41) is 6.03. The topological polar surface area (TPSA) is 73.8 Å². The van der Waals surface area contributed by atoms with E-state index in [1.165, 1.54) is 10.6 Å². The molecule has 0 aliphatic rings. The predicted molar refractivity (Wildman–Crippen MR) is 94.9 cm³/mol. The number of halogens is 1. The number of hydrogen-bond acceptors (Lipinski definition) is 3. The van der Waals surface area contributed by atoms with Crippen LogP contribution >= 0.6 is 24.0 Å².